The molecule has 1 amide bonds. The molecule has 1 fully saturated rings. The molecule has 0 aliphatic carbocycles. The number of carbonyl (C=O) groups excluding carboxylic acids is 1. The number of nitrogens with zero attached hydrogens (tertiary/aromatic N) is 2. The quantitative estimate of drug-likeness (QED) is 0.790. The van der Waals surface area contributed by atoms with Gasteiger partial charge < -0.3 is 4.90 Å². The maximum atomic E-state index is 13.1. The number of rotatable bonds is 2. The molecular weight excluding hydrogens is 283 g/mol. The summed E-state index contributed by atoms with van der Waals surface area (Å²) in [7, 11) is -4.71. The highest BCUT2D eigenvalue weighted by molar-refractivity contribution is 7.87. The number of hydrogen-bond donors (Lipinski definition) is 0. The number of amides is 1. The molecule has 7 heteroatoms. The van der Waals surface area contributed by atoms with Crippen LogP contribution in [0.4, 0.5) is 9.57 Å². The van der Waals surface area contributed by atoms with Gasteiger partial charge in [-0.25, -0.2) is 0 Å². The van der Waals surface area contributed by atoms with Gasteiger partial charge in [0.05, 0.1) is 11.2 Å². The molecule has 0 radical (unpaired) electrons. The molecule has 1 aromatic heterocycles. The molecule has 2 heterocycles. The SMILES string of the molecule is O=C1CC(S(=O)(=O)F)CN1c1cccc2ncccc12. The van der Waals surface area contributed by atoms with Crippen molar-refractivity contribution < 1.29 is 17.1 Å². The molecule has 5 nitrogen and oxygen atoms in total. The number of fused-ring (bicyclic) bond motifs is 1. The van der Waals surface area contributed by atoms with Crippen LogP contribution >= 0.6 is 0 Å². The highest BCUT2D eigenvalue weighted by Crippen LogP contribution is 2.31. The zero-order valence-corrected chi connectivity index (χ0v) is 11.2. The Hall–Kier alpha value is -2.02. The van der Waals surface area contributed by atoms with Gasteiger partial charge in [-0.15, -0.1) is 3.89 Å². The topological polar surface area (TPSA) is 67.3 Å². The molecule has 3 rings (SSSR count). The molecule has 104 valence electrons. The van der Waals surface area contributed by atoms with Crippen LogP contribution < -0.4 is 4.90 Å². The molecule has 0 bridgehead atoms. The number of anilines is 1. The Labute approximate surface area is 115 Å². The van der Waals surface area contributed by atoms with E-state index >= 15 is 0 Å². The van der Waals surface area contributed by atoms with Crippen molar-refractivity contribution in [1.82, 2.24) is 4.98 Å². The third kappa shape index (κ3) is 2.14. The summed E-state index contributed by atoms with van der Waals surface area (Å²) in [5.41, 5.74) is 1.26. The predicted molar refractivity (Wildman–Crippen MR) is 72.5 cm³/mol. The number of benzene rings is 1. The van der Waals surface area contributed by atoms with Crippen LogP contribution in [0.5, 0.6) is 0 Å². The van der Waals surface area contributed by atoms with Crippen LogP contribution in [-0.4, -0.2) is 31.1 Å². The van der Waals surface area contributed by atoms with Crippen molar-refractivity contribution in [3.8, 4) is 0 Å². The van der Waals surface area contributed by atoms with Crippen molar-refractivity contribution in [2.45, 2.75) is 11.7 Å². The van der Waals surface area contributed by atoms with E-state index in [2.05, 4.69) is 4.98 Å². The van der Waals surface area contributed by atoms with Gasteiger partial charge in [-0.3, -0.25) is 9.78 Å². The van der Waals surface area contributed by atoms with E-state index in [0.29, 0.717) is 11.2 Å². The van der Waals surface area contributed by atoms with Crippen LogP contribution in [0.15, 0.2) is 36.5 Å². The van der Waals surface area contributed by atoms with E-state index in [1.54, 1.807) is 36.5 Å². The molecule has 1 unspecified atom stereocenters. The van der Waals surface area contributed by atoms with Crippen molar-refractivity contribution in [3.05, 3.63) is 36.5 Å². The molecule has 2 aromatic rings. The van der Waals surface area contributed by atoms with Gasteiger partial charge in [0.1, 0.15) is 5.25 Å². The molecule has 1 saturated heterocycles. The van der Waals surface area contributed by atoms with Gasteiger partial charge in [0, 0.05) is 24.5 Å². The van der Waals surface area contributed by atoms with E-state index in [4.69, 9.17) is 0 Å². The first-order chi connectivity index (χ1) is 9.47. The largest absolute Gasteiger partial charge is 0.310 e. The van der Waals surface area contributed by atoms with Crippen LogP contribution in [0.25, 0.3) is 10.9 Å². The normalized spacial score (nSPS) is 19.8. The van der Waals surface area contributed by atoms with E-state index in [9.17, 15) is 17.1 Å². The number of aromatic nitrogens is 1. The minimum atomic E-state index is -4.71. The van der Waals surface area contributed by atoms with Gasteiger partial charge in [0.25, 0.3) is 0 Å². The van der Waals surface area contributed by atoms with Crippen LogP contribution in [0.1, 0.15) is 6.42 Å². The van der Waals surface area contributed by atoms with Crippen molar-refractivity contribution >= 4 is 32.7 Å². The summed E-state index contributed by atoms with van der Waals surface area (Å²) in [6, 6.07) is 8.76. The van der Waals surface area contributed by atoms with Crippen LogP contribution in [-0.2, 0) is 15.0 Å². The molecule has 1 aromatic carbocycles. The lowest BCUT2D eigenvalue weighted by molar-refractivity contribution is -0.117. The summed E-state index contributed by atoms with van der Waals surface area (Å²) in [4.78, 5) is 17.4. The van der Waals surface area contributed by atoms with Gasteiger partial charge in [0.15, 0.2) is 0 Å². The summed E-state index contributed by atoms with van der Waals surface area (Å²) in [6.45, 7) is -0.161. The lowest BCUT2D eigenvalue weighted by atomic mass is 10.1. The summed E-state index contributed by atoms with van der Waals surface area (Å²) in [5.74, 6) is -0.396. The van der Waals surface area contributed by atoms with Crippen LogP contribution in [0.2, 0.25) is 0 Å². The molecule has 1 atom stereocenters. The summed E-state index contributed by atoms with van der Waals surface area (Å²) >= 11 is 0. The zero-order chi connectivity index (χ0) is 14.3. The van der Waals surface area contributed by atoms with Crippen molar-refractivity contribution in [2.75, 3.05) is 11.4 Å². The Morgan fingerprint density at radius 1 is 1.25 bits per heavy atom. The van der Waals surface area contributed by atoms with E-state index in [1.165, 1.54) is 4.90 Å². The maximum absolute atomic E-state index is 13.1. The summed E-state index contributed by atoms with van der Waals surface area (Å²) in [5, 5.41) is -0.554. The Kier molecular flexibility index (Phi) is 2.93. The Bertz CT molecular complexity index is 786. The highest BCUT2D eigenvalue weighted by Gasteiger charge is 2.39. The molecule has 20 heavy (non-hydrogen) atoms. The Morgan fingerprint density at radius 3 is 2.75 bits per heavy atom. The number of halogens is 1. The second kappa shape index (κ2) is 4.52. The van der Waals surface area contributed by atoms with Gasteiger partial charge in [0.2, 0.25) is 5.91 Å². The van der Waals surface area contributed by atoms with Crippen molar-refractivity contribution in [1.29, 1.82) is 0 Å². The first-order valence-corrected chi connectivity index (χ1v) is 7.49. The van der Waals surface area contributed by atoms with Crippen LogP contribution in [0, 0.1) is 0 Å². The minimum absolute atomic E-state index is 0.161. The van der Waals surface area contributed by atoms with E-state index < -0.39 is 21.4 Å². The molecular formula is C13H11FN2O3S. The number of carbonyl (C=O) groups is 1. The van der Waals surface area contributed by atoms with Crippen molar-refractivity contribution in [3.63, 3.8) is 0 Å². The second-order valence-electron chi connectivity index (χ2n) is 4.65. The fourth-order valence-electron chi connectivity index (χ4n) is 2.42. The average molecular weight is 294 g/mol. The highest BCUT2D eigenvalue weighted by atomic mass is 32.3. The van der Waals surface area contributed by atoms with Crippen LogP contribution in [0.3, 0.4) is 0 Å². The number of hydrogen-bond acceptors (Lipinski definition) is 4. The summed E-state index contributed by atoms with van der Waals surface area (Å²) < 4.78 is 35.0. The molecule has 1 aliphatic heterocycles. The first kappa shape index (κ1) is 13.0. The monoisotopic (exact) mass is 294 g/mol. The first-order valence-electron chi connectivity index (χ1n) is 6.04. The fraction of sp³-hybridized carbons (Fsp3) is 0.231. The van der Waals surface area contributed by atoms with E-state index in [0.717, 1.165) is 5.39 Å². The predicted octanol–water partition coefficient (Wildman–Crippen LogP) is 1.64. The van der Waals surface area contributed by atoms with Gasteiger partial charge in [-0.05, 0) is 24.3 Å². The summed E-state index contributed by atoms with van der Waals surface area (Å²) in [6.07, 6.45) is 1.31. The zero-order valence-electron chi connectivity index (χ0n) is 10.4. The Balaban J connectivity index is 2.06. The fourth-order valence-corrected chi connectivity index (χ4v) is 3.09. The third-order valence-corrected chi connectivity index (χ3v) is 4.51. The van der Waals surface area contributed by atoms with E-state index in [1.807, 2.05) is 0 Å². The standard InChI is InChI=1S/C13H11FN2O3S/c14-20(18,19)9-7-13(17)16(8-9)12-5-1-4-11-10(12)3-2-6-15-11/h1-6,9H,7-8H2. The Morgan fingerprint density at radius 2 is 2.05 bits per heavy atom. The van der Waals surface area contributed by atoms with E-state index in [-0.39, 0.29) is 13.0 Å². The van der Waals surface area contributed by atoms with Crippen molar-refractivity contribution in [2.24, 2.45) is 0 Å². The van der Waals surface area contributed by atoms with Gasteiger partial charge in [-0.1, -0.05) is 6.07 Å². The van der Waals surface area contributed by atoms with Gasteiger partial charge >= 0.3 is 10.2 Å². The smallest absolute Gasteiger partial charge is 0.307 e. The lowest BCUT2D eigenvalue weighted by Gasteiger charge is -2.18. The molecule has 0 saturated carbocycles. The maximum Gasteiger partial charge on any atom is 0.307 e. The molecule has 0 N–H and O–H groups in total. The minimum Gasteiger partial charge on any atom is -0.310 e. The molecule has 1 aliphatic rings. The van der Waals surface area contributed by atoms with Gasteiger partial charge in [-0.2, -0.15) is 8.42 Å². The third-order valence-electron chi connectivity index (χ3n) is 3.40. The average Bonchev–Trinajstić information content (AvgIpc) is 2.80. The number of pyridine rings is 1. The lowest BCUT2D eigenvalue weighted by Crippen LogP contribution is -2.27. The second-order valence-corrected chi connectivity index (χ2v) is 6.27. The molecule has 0 spiro atoms.